The summed E-state index contributed by atoms with van der Waals surface area (Å²) < 4.78 is 4.58. The van der Waals surface area contributed by atoms with Crippen molar-refractivity contribution < 1.29 is 19.4 Å². The minimum absolute atomic E-state index is 0.212. The van der Waals surface area contributed by atoms with E-state index in [9.17, 15) is 9.59 Å². The van der Waals surface area contributed by atoms with Crippen LogP contribution in [-0.2, 0) is 16.0 Å². The van der Waals surface area contributed by atoms with Gasteiger partial charge in [-0.2, -0.15) is 0 Å². The average Bonchev–Trinajstić information content (AvgIpc) is 2.23. The topological polar surface area (TPSA) is 89.6 Å². The molecule has 3 N–H and O–H groups in total. The zero-order valence-corrected chi connectivity index (χ0v) is 12.5. The first-order valence-electron chi connectivity index (χ1n) is 6.36. The molecule has 0 fully saturated rings. The van der Waals surface area contributed by atoms with Gasteiger partial charge in [-0.05, 0) is 39.7 Å². The number of carboxylic acids is 1. The summed E-state index contributed by atoms with van der Waals surface area (Å²) in [5, 5.41) is 8.44. The Morgan fingerprint density at radius 3 is 2.25 bits per heavy atom. The lowest BCUT2D eigenvalue weighted by Crippen LogP contribution is -2.27. The number of carbonyl (C=O) groups is 2. The molecule has 0 unspecified atom stereocenters. The first-order chi connectivity index (χ1) is 9.10. The number of nitrogens with two attached hydrogens (primary N) is 1. The quantitative estimate of drug-likeness (QED) is 0.891. The highest BCUT2D eigenvalue weighted by atomic mass is 16.6. The maximum Gasteiger partial charge on any atom is 0.405 e. The summed E-state index contributed by atoms with van der Waals surface area (Å²) in [5.74, 6) is -0.739. The number of rotatable bonds is 3. The SMILES string of the molecule is CC(C)(C)OC(N)=O.Cc1cccc(CCC(=O)O)c1. The van der Waals surface area contributed by atoms with Gasteiger partial charge in [0.15, 0.2) is 0 Å². The van der Waals surface area contributed by atoms with Gasteiger partial charge in [0.25, 0.3) is 0 Å². The smallest absolute Gasteiger partial charge is 0.405 e. The lowest BCUT2D eigenvalue weighted by atomic mass is 10.1. The molecule has 0 bridgehead atoms. The summed E-state index contributed by atoms with van der Waals surface area (Å²) in [6.07, 6.45) is 0.109. The predicted molar refractivity (Wildman–Crippen MR) is 77.6 cm³/mol. The second-order valence-electron chi connectivity index (χ2n) is 5.42. The summed E-state index contributed by atoms with van der Waals surface area (Å²) in [6.45, 7) is 7.29. The van der Waals surface area contributed by atoms with Crippen LogP contribution in [0, 0.1) is 6.92 Å². The van der Waals surface area contributed by atoms with Gasteiger partial charge < -0.3 is 15.6 Å². The van der Waals surface area contributed by atoms with Gasteiger partial charge in [-0.3, -0.25) is 4.79 Å². The first kappa shape index (κ1) is 18.0. The monoisotopic (exact) mass is 281 g/mol. The number of aryl methyl sites for hydroxylation is 2. The van der Waals surface area contributed by atoms with Gasteiger partial charge in [0.2, 0.25) is 0 Å². The molecule has 0 atom stereocenters. The van der Waals surface area contributed by atoms with Crippen molar-refractivity contribution in [3.05, 3.63) is 35.4 Å². The summed E-state index contributed by atoms with van der Waals surface area (Å²) in [4.78, 5) is 20.3. The summed E-state index contributed by atoms with van der Waals surface area (Å²) in [5.41, 5.74) is 6.54. The Labute approximate surface area is 119 Å². The molecule has 0 saturated carbocycles. The van der Waals surface area contributed by atoms with Gasteiger partial charge in [-0.1, -0.05) is 29.8 Å². The third-order valence-corrected chi connectivity index (χ3v) is 2.12. The zero-order valence-electron chi connectivity index (χ0n) is 12.5. The van der Waals surface area contributed by atoms with Crippen molar-refractivity contribution in [3.8, 4) is 0 Å². The van der Waals surface area contributed by atoms with E-state index in [1.165, 1.54) is 5.56 Å². The van der Waals surface area contributed by atoms with Crippen molar-refractivity contribution in [1.29, 1.82) is 0 Å². The number of aliphatic carboxylic acids is 1. The number of carboxylic acid groups (broad SMARTS) is 1. The maximum atomic E-state index is 10.3. The van der Waals surface area contributed by atoms with Crippen LogP contribution in [0.4, 0.5) is 4.79 Å². The standard InChI is InChI=1S/C10H12O2.C5H11NO2/c1-8-3-2-4-9(7-8)5-6-10(11)12;1-5(2,3)8-4(6)7/h2-4,7H,5-6H2,1H3,(H,11,12);1-3H3,(H2,6,7). The predicted octanol–water partition coefficient (Wildman–Crippen LogP) is 2.89. The van der Waals surface area contributed by atoms with E-state index >= 15 is 0 Å². The third-order valence-electron chi connectivity index (χ3n) is 2.12. The molecule has 5 heteroatoms. The van der Waals surface area contributed by atoms with Crippen LogP contribution in [-0.4, -0.2) is 22.8 Å². The highest BCUT2D eigenvalue weighted by molar-refractivity contribution is 5.67. The molecule has 1 rings (SSSR count). The Morgan fingerprint density at radius 1 is 1.30 bits per heavy atom. The maximum absolute atomic E-state index is 10.3. The van der Waals surface area contributed by atoms with Gasteiger partial charge in [0, 0.05) is 6.42 Å². The summed E-state index contributed by atoms with van der Waals surface area (Å²) >= 11 is 0. The van der Waals surface area contributed by atoms with Gasteiger partial charge in [0.05, 0.1) is 0 Å². The van der Waals surface area contributed by atoms with E-state index in [1.54, 1.807) is 20.8 Å². The Balaban J connectivity index is 0.000000396. The molecular weight excluding hydrogens is 258 g/mol. The lowest BCUT2D eigenvalue weighted by Gasteiger charge is -2.16. The van der Waals surface area contributed by atoms with Crippen molar-refractivity contribution in [2.24, 2.45) is 5.73 Å². The molecule has 0 saturated heterocycles. The Bertz CT molecular complexity index is 449. The zero-order chi connectivity index (χ0) is 15.8. The molecule has 5 nitrogen and oxygen atoms in total. The lowest BCUT2D eigenvalue weighted by molar-refractivity contribution is -0.136. The fourth-order valence-corrected chi connectivity index (χ4v) is 1.42. The number of hydrogen-bond donors (Lipinski definition) is 2. The number of benzene rings is 1. The molecule has 0 aliphatic heterocycles. The van der Waals surface area contributed by atoms with Gasteiger partial charge >= 0.3 is 12.1 Å². The van der Waals surface area contributed by atoms with Crippen molar-refractivity contribution in [1.82, 2.24) is 0 Å². The molecule has 0 aliphatic carbocycles. The Hall–Kier alpha value is -2.04. The van der Waals surface area contributed by atoms with E-state index in [4.69, 9.17) is 10.8 Å². The third kappa shape index (κ3) is 11.1. The molecule has 20 heavy (non-hydrogen) atoms. The Kier molecular flexibility index (Phi) is 7.36. The van der Waals surface area contributed by atoms with Crippen LogP contribution < -0.4 is 5.73 Å². The number of primary amides is 1. The highest BCUT2D eigenvalue weighted by Gasteiger charge is 2.12. The summed E-state index contributed by atoms with van der Waals surface area (Å²) in [7, 11) is 0. The fraction of sp³-hybridized carbons (Fsp3) is 0.467. The second-order valence-corrected chi connectivity index (χ2v) is 5.42. The van der Waals surface area contributed by atoms with Gasteiger partial charge in [0.1, 0.15) is 5.60 Å². The number of amides is 1. The van der Waals surface area contributed by atoms with Crippen LogP contribution in [0.5, 0.6) is 0 Å². The summed E-state index contributed by atoms with van der Waals surface area (Å²) in [6, 6.07) is 7.93. The molecule has 0 spiro atoms. The molecule has 1 aromatic carbocycles. The molecule has 0 aromatic heterocycles. The van der Waals surface area contributed by atoms with E-state index < -0.39 is 17.7 Å². The normalized spacial score (nSPS) is 10.2. The van der Waals surface area contributed by atoms with E-state index in [1.807, 2.05) is 31.2 Å². The molecule has 1 amide bonds. The first-order valence-corrected chi connectivity index (χ1v) is 6.36. The molecule has 0 radical (unpaired) electrons. The van der Waals surface area contributed by atoms with Crippen LogP contribution in [0.15, 0.2) is 24.3 Å². The van der Waals surface area contributed by atoms with Crippen LogP contribution in [0.2, 0.25) is 0 Å². The molecule has 0 heterocycles. The molecule has 0 aliphatic rings. The minimum atomic E-state index is -0.739. The van der Waals surface area contributed by atoms with E-state index in [2.05, 4.69) is 4.74 Å². The van der Waals surface area contributed by atoms with Gasteiger partial charge in [-0.15, -0.1) is 0 Å². The van der Waals surface area contributed by atoms with Crippen LogP contribution in [0.1, 0.15) is 38.3 Å². The molecule has 112 valence electrons. The van der Waals surface area contributed by atoms with Crippen molar-refractivity contribution >= 4 is 12.1 Å². The van der Waals surface area contributed by atoms with Crippen molar-refractivity contribution in [3.63, 3.8) is 0 Å². The number of carbonyl (C=O) groups excluding carboxylic acids is 1. The van der Waals surface area contributed by atoms with Crippen LogP contribution in [0.25, 0.3) is 0 Å². The van der Waals surface area contributed by atoms with Crippen LogP contribution >= 0.6 is 0 Å². The van der Waals surface area contributed by atoms with Crippen molar-refractivity contribution in [2.75, 3.05) is 0 Å². The van der Waals surface area contributed by atoms with Gasteiger partial charge in [-0.25, -0.2) is 4.79 Å². The second kappa shape index (κ2) is 8.19. The van der Waals surface area contributed by atoms with Crippen molar-refractivity contribution in [2.45, 2.75) is 46.1 Å². The Morgan fingerprint density at radius 2 is 1.90 bits per heavy atom. The largest absolute Gasteiger partial charge is 0.481 e. The molecular formula is C15H23NO4. The fourth-order valence-electron chi connectivity index (χ4n) is 1.42. The minimum Gasteiger partial charge on any atom is -0.481 e. The van der Waals surface area contributed by atoms with Crippen LogP contribution in [0.3, 0.4) is 0 Å². The number of ether oxygens (including phenoxy) is 1. The molecule has 1 aromatic rings. The highest BCUT2D eigenvalue weighted by Crippen LogP contribution is 2.06. The van der Waals surface area contributed by atoms with E-state index in [-0.39, 0.29) is 6.42 Å². The van der Waals surface area contributed by atoms with E-state index in [0.717, 1.165) is 5.56 Å². The average molecular weight is 281 g/mol. The van der Waals surface area contributed by atoms with E-state index in [0.29, 0.717) is 6.42 Å². The number of hydrogen-bond acceptors (Lipinski definition) is 3.